The normalized spacial score (nSPS) is 13.2. The zero-order valence-electron chi connectivity index (χ0n) is 24.1. The van der Waals surface area contributed by atoms with E-state index in [9.17, 15) is 19.5 Å². The molecule has 2 atom stereocenters. The van der Waals surface area contributed by atoms with Crippen LogP contribution in [0.1, 0.15) is 49.4 Å². The van der Waals surface area contributed by atoms with Gasteiger partial charge in [0.15, 0.2) is 17.1 Å². The second-order valence-corrected chi connectivity index (χ2v) is 10.8. The highest BCUT2D eigenvalue weighted by Gasteiger charge is 2.27. The predicted octanol–water partition coefficient (Wildman–Crippen LogP) is 4.58. The van der Waals surface area contributed by atoms with Crippen molar-refractivity contribution < 1.29 is 33.4 Å². The van der Waals surface area contributed by atoms with E-state index in [1.807, 2.05) is 13.8 Å². The number of hydrogen-bond donors (Lipinski definition) is 4. The number of hydrogen-bond acceptors (Lipinski definition) is 9. The van der Waals surface area contributed by atoms with E-state index in [-0.39, 0.29) is 37.5 Å². The predicted molar refractivity (Wildman–Crippen MR) is 159 cm³/mol. The van der Waals surface area contributed by atoms with Gasteiger partial charge in [-0.05, 0) is 65.9 Å². The van der Waals surface area contributed by atoms with E-state index in [4.69, 9.17) is 19.2 Å². The quantitative estimate of drug-likeness (QED) is 0.181. The minimum absolute atomic E-state index is 0.0216. The van der Waals surface area contributed by atoms with Gasteiger partial charge in [0.05, 0.1) is 30.5 Å². The third-order valence-electron chi connectivity index (χ3n) is 6.91. The molecule has 3 aromatic carbocycles. The Bertz CT molecular complexity index is 1740. The molecule has 1 aromatic heterocycles. The summed E-state index contributed by atoms with van der Waals surface area (Å²) < 4.78 is 16.6. The number of carbonyl (C=O) groups is 3. The van der Waals surface area contributed by atoms with Crippen molar-refractivity contribution in [2.24, 2.45) is 5.92 Å². The van der Waals surface area contributed by atoms with Gasteiger partial charge in [-0.15, -0.1) is 0 Å². The van der Waals surface area contributed by atoms with Crippen molar-refractivity contribution in [2.75, 3.05) is 12.1 Å². The molecule has 2 amide bonds. The highest BCUT2D eigenvalue weighted by Crippen LogP contribution is 2.35. The number of fused-ring (bicyclic) bond motifs is 2. The van der Waals surface area contributed by atoms with Gasteiger partial charge in [0.25, 0.3) is 6.01 Å². The van der Waals surface area contributed by atoms with Crippen LogP contribution in [0.2, 0.25) is 0 Å². The number of nitrogens with one attached hydrogen (secondary N) is 3. The summed E-state index contributed by atoms with van der Waals surface area (Å²) in [7, 11) is 0. The van der Waals surface area contributed by atoms with Crippen LogP contribution in [0, 0.1) is 17.2 Å². The number of carbonyl (C=O) groups excluding carboxylic acids is 2. The molecule has 0 unspecified atom stereocenters. The van der Waals surface area contributed by atoms with Crippen LogP contribution in [-0.4, -0.2) is 40.7 Å². The van der Waals surface area contributed by atoms with E-state index in [0.29, 0.717) is 51.4 Å². The molecule has 12 nitrogen and oxygen atoms in total. The molecule has 0 radical (unpaired) electrons. The number of aromatic nitrogens is 1. The number of nitrogens with zero attached hydrogens (tertiary/aromatic N) is 2. The van der Waals surface area contributed by atoms with Crippen LogP contribution < -0.4 is 25.4 Å². The molecule has 2 heterocycles. The summed E-state index contributed by atoms with van der Waals surface area (Å²) in [4.78, 5) is 42.6. The Kier molecular flexibility index (Phi) is 8.95. The Balaban J connectivity index is 1.26. The van der Waals surface area contributed by atoms with Crippen LogP contribution in [-0.2, 0) is 20.8 Å². The van der Waals surface area contributed by atoms with Gasteiger partial charge in [0.1, 0.15) is 11.6 Å². The zero-order chi connectivity index (χ0) is 31.2. The summed E-state index contributed by atoms with van der Waals surface area (Å²) in [5, 5.41) is 27.3. The Morgan fingerprint density at radius 1 is 1.02 bits per heavy atom. The zero-order valence-corrected chi connectivity index (χ0v) is 24.1. The second-order valence-electron chi connectivity index (χ2n) is 10.8. The van der Waals surface area contributed by atoms with E-state index < -0.39 is 24.0 Å². The fourth-order valence-electron chi connectivity index (χ4n) is 4.89. The highest BCUT2D eigenvalue weighted by molar-refractivity contribution is 5.89. The molecular weight excluding hydrogens is 566 g/mol. The number of aliphatic carboxylic acids is 1. The summed E-state index contributed by atoms with van der Waals surface area (Å²) in [6.07, 6.45) is -0.0284. The molecule has 0 aliphatic carbocycles. The van der Waals surface area contributed by atoms with Crippen molar-refractivity contribution >= 4 is 40.6 Å². The fourth-order valence-corrected chi connectivity index (χ4v) is 4.89. The van der Waals surface area contributed by atoms with Crippen molar-refractivity contribution in [1.29, 1.82) is 5.26 Å². The van der Waals surface area contributed by atoms with Crippen molar-refractivity contribution in [3.63, 3.8) is 0 Å². The molecule has 5 rings (SSSR count). The lowest BCUT2D eigenvalue weighted by Gasteiger charge is -2.24. The summed E-state index contributed by atoms with van der Waals surface area (Å²) >= 11 is 0. The van der Waals surface area contributed by atoms with Gasteiger partial charge in [0, 0.05) is 5.69 Å². The van der Waals surface area contributed by atoms with E-state index in [0.717, 1.165) is 0 Å². The van der Waals surface area contributed by atoms with Gasteiger partial charge >= 0.3 is 5.97 Å². The maximum Gasteiger partial charge on any atom is 0.305 e. The summed E-state index contributed by atoms with van der Waals surface area (Å²) in [5.41, 5.74) is 3.38. The third-order valence-corrected chi connectivity index (χ3v) is 6.91. The van der Waals surface area contributed by atoms with Gasteiger partial charge in [-0.2, -0.15) is 10.2 Å². The van der Waals surface area contributed by atoms with Crippen molar-refractivity contribution in [3.05, 3.63) is 77.4 Å². The van der Waals surface area contributed by atoms with Crippen molar-refractivity contribution in [2.45, 2.75) is 45.2 Å². The van der Waals surface area contributed by atoms with Gasteiger partial charge < -0.3 is 34.9 Å². The smallest absolute Gasteiger partial charge is 0.305 e. The first-order chi connectivity index (χ1) is 21.2. The number of rotatable bonds is 12. The minimum atomic E-state index is -1.09. The molecule has 0 saturated carbocycles. The fraction of sp³-hybridized carbons (Fsp3) is 0.281. The summed E-state index contributed by atoms with van der Waals surface area (Å²) in [6, 6.07) is 17.7. The van der Waals surface area contributed by atoms with Crippen LogP contribution in [0.5, 0.6) is 11.5 Å². The van der Waals surface area contributed by atoms with Gasteiger partial charge in [-0.25, -0.2) is 0 Å². The first-order valence-corrected chi connectivity index (χ1v) is 14.0. The summed E-state index contributed by atoms with van der Waals surface area (Å²) in [6.45, 7) is 3.93. The topological polar surface area (TPSA) is 176 Å². The Labute approximate surface area is 253 Å². The summed E-state index contributed by atoms with van der Waals surface area (Å²) in [5.74, 6) is -0.874. The number of carboxylic acid groups (broad SMARTS) is 1. The molecule has 226 valence electrons. The van der Waals surface area contributed by atoms with E-state index >= 15 is 0 Å². The molecule has 4 aromatic rings. The number of oxazole rings is 1. The van der Waals surface area contributed by atoms with Crippen molar-refractivity contribution in [1.82, 2.24) is 15.6 Å². The SMILES string of the molecule is CC(C)C[C@H](NC(=O)Cc1ccc2nc(Nc3cccc(C#N)c3)oc2c1)C(=O)N[C@@H](CC(=O)O)c1ccc2c(c1)OCO2. The number of carboxylic acids is 1. The lowest BCUT2D eigenvalue weighted by atomic mass is 9.99. The number of nitriles is 1. The average Bonchev–Trinajstić information content (AvgIpc) is 3.61. The monoisotopic (exact) mass is 597 g/mol. The molecule has 44 heavy (non-hydrogen) atoms. The molecule has 0 bridgehead atoms. The van der Waals surface area contributed by atoms with E-state index in [1.54, 1.807) is 60.7 Å². The molecule has 12 heteroatoms. The number of amides is 2. The molecule has 1 aliphatic heterocycles. The molecule has 4 N–H and O–H groups in total. The third kappa shape index (κ3) is 7.43. The Morgan fingerprint density at radius 2 is 1.84 bits per heavy atom. The second kappa shape index (κ2) is 13.2. The van der Waals surface area contributed by atoms with Crippen LogP contribution in [0.25, 0.3) is 11.1 Å². The lowest BCUT2D eigenvalue weighted by molar-refractivity contribution is -0.138. The first-order valence-electron chi connectivity index (χ1n) is 14.0. The van der Waals surface area contributed by atoms with Crippen LogP contribution in [0.4, 0.5) is 11.7 Å². The molecule has 0 spiro atoms. The molecule has 0 saturated heterocycles. The first kappa shape index (κ1) is 29.9. The average molecular weight is 598 g/mol. The van der Waals surface area contributed by atoms with Gasteiger partial charge in [-0.3, -0.25) is 14.4 Å². The molecule has 0 fully saturated rings. The lowest BCUT2D eigenvalue weighted by Crippen LogP contribution is -2.49. The number of ether oxygens (including phenoxy) is 2. The van der Waals surface area contributed by atoms with Crippen molar-refractivity contribution in [3.8, 4) is 17.6 Å². The Hall–Kier alpha value is -5.57. The minimum Gasteiger partial charge on any atom is -0.481 e. The number of benzene rings is 3. The largest absolute Gasteiger partial charge is 0.481 e. The molecular formula is C32H31N5O7. The standard InChI is InChI=1S/C32H31N5O7/c1-18(2)10-25(31(41)36-24(15-30(39)40)21-7-9-26-28(14-21)43-17-42-26)35-29(38)13-19-6-8-23-27(12-19)44-32(37-23)34-22-5-3-4-20(11-22)16-33/h3-9,11-12,14,18,24-25H,10,13,15,17H2,1-2H3,(H,34,37)(H,35,38)(H,36,41)(H,39,40)/t24-,25-/m0/s1. The van der Waals surface area contributed by atoms with Gasteiger partial charge in [0.2, 0.25) is 18.6 Å². The van der Waals surface area contributed by atoms with Crippen LogP contribution in [0.15, 0.2) is 65.1 Å². The number of anilines is 2. The highest BCUT2D eigenvalue weighted by atomic mass is 16.7. The maximum atomic E-state index is 13.4. The van der Waals surface area contributed by atoms with E-state index in [2.05, 4.69) is 27.0 Å². The van der Waals surface area contributed by atoms with Gasteiger partial charge in [-0.1, -0.05) is 32.0 Å². The molecule has 1 aliphatic rings. The Morgan fingerprint density at radius 3 is 2.61 bits per heavy atom. The van der Waals surface area contributed by atoms with E-state index in [1.165, 1.54) is 0 Å². The van der Waals surface area contributed by atoms with Crippen LogP contribution in [0.3, 0.4) is 0 Å². The van der Waals surface area contributed by atoms with Crippen LogP contribution >= 0.6 is 0 Å². The maximum absolute atomic E-state index is 13.4.